The van der Waals surface area contributed by atoms with Crippen molar-refractivity contribution in [2.24, 2.45) is 5.92 Å². The van der Waals surface area contributed by atoms with Crippen molar-refractivity contribution in [1.29, 1.82) is 0 Å². The van der Waals surface area contributed by atoms with Crippen LogP contribution in [-0.4, -0.2) is 48.0 Å². The Morgan fingerprint density at radius 3 is 2.37 bits per heavy atom. The Labute approximate surface area is 210 Å². The minimum absolute atomic E-state index is 0.310. The molecule has 35 heavy (non-hydrogen) atoms. The molecule has 0 saturated heterocycles. The van der Waals surface area contributed by atoms with Crippen molar-refractivity contribution >= 4 is 22.9 Å². The number of hydrogen-bond acceptors (Lipinski definition) is 7. The minimum Gasteiger partial charge on any atom is -0.497 e. The Kier molecular flexibility index (Phi) is 7.25. The maximum absolute atomic E-state index is 5.81. The molecule has 1 N–H and O–H groups in total. The van der Waals surface area contributed by atoms with Crippen LogP contribution >= 0.6 is 12.2 Å². The average Bonchev–Trinajstić information content (AvgIpc) is 3.35. The zero-order valence-corrected chi connectivity index (χ0v) is 21.6. The molecule has 9 heteroatoms. The fourth-order valence-electron chi connectivity index (χ4n) is 4.12. The van der Waals surface area contributed by atoms with Crippen LogP contribution in [0.4, 0.5) is 0 Å². The maximum atomic E-state index is 5.81. The van der Waals surface area contributed by atoms with Crippen molar-refractivity contribution < 1.29 is 18.7 Å². The lowest BCUT2D eigenvalue weighted by molar-refractivity contribution is 0.354. The number of nitrogens with one attached hydrogen (secondary N) is 1. The van der Waals surface area contributed by atoms with Crippen LogP contribution in [0.25, 0.3) is 17.0 Å². The summed E-state index contributed by atoms with van der Waals surface area (Å²) in [7, 11) is 4.87. The molecular weight excluding hydrogens is 464 g/mol. The Morgan fingerprint density at radius 2 is 1.74 bits per heavy atom. The first-order valence-corrected chi connectivity index (χ1v) is 11.8. The topological polar surface area (TPSA) is 81.9 Å². The van der Waals surface area contributed by atoms with Crippen molar-refractivity contribution in [2.75, 3.05) is 27.9 Å². The fourth-order valence-corrected chi connectivity index (χ4v) is 4.45. The van der Waals surface area contributed by atoms with E-state index >= 15 is 0 Å². The molecule has 0 amide bonds. The maximum Gasteiger partial charge on any atom is 0.258 e. The summed E-state index contributed by atoms with van der Waals surface area (Å²) in [6.45, 7) is 7.12. The first-order chi connectivity index (χ1) is 16.9. The minimum atomic E-state index is -0.310. The van der Waals surface area contributed by atoms with E-state index in [1.165, 1.54) is 0 Å². The Hall–Kier alpha value is -3.59. The lowest BCUT2D eigenvalue weighted by Crippen LogP contribution is -2.47. The molecule has 2 aromatic carbocycles. The summed E-state index contributed by atoms with van der Waals surface area (Å²) in [4.78, 5) is 6.85. The van der Waals surface area contributed by atoms with Gasteiger partial charge in [-0.1, -0.05) is 25.1 Å². The molecule has 2 heterocycles. The largest absolute Gasteiger partial charge is 0.497 e. The van der Waals surface area contributed by atoms with E-state index in [1.54, 1.807) is 21.3 Å². The third kappa shape index (κ3) is 4.95. The molecule has 0 fully saturated rings. The van der Waals surface area contributed by atoms with E-state index in [2.05, 4.69) is 29.2 Å². The van der Waals surface area contributed by atoms with E-state index in [0.717, 1.165) is 34.7 Å². The van der Waals surface area contributed by atoms with E-state index in [-0.39, 0.29) is 6.04 Å². The molecule has 0 radical (unpaired) electrons. The van der Waals surface area contributed by atoms with Gasteiger partial charge in [-0.25, -0.2) is 0 Å². The molecular formula is C26H30N4O4S. The predicted molar refractivity (Wildman–Crippen MR) is 138 cm³/mol. The van der Waals surface area contributed by atoms with Gasteiger partial charge < -0.3 is 29.0 Å². The van der Waals surface area contributed by atoms with Gasteiger partial charge in [0.25, 0.3) is 5.89 Å². The summed E-state index contributed by atoms with van der Waals surface area (Å²) in [6.07, 6.45) is 0. The summed E-state index contributed by atoms with van der Waals surface area (Å²) in [5.74, 6) is 3.37. The highest BCUT2D eigenvalue weighted by Gasteiger charge is 2.34. The van der Waals surface area contributed by atoms with Crippen molar-refractivity contribution in [1.82, 2.24) is 20.4 Å². The second-order valence-corrected chi connectivity index (χ2v) is 9.04. The van der Waals surface area contributed by atoms with Gasteiger partial charge in [0.2, 0.25) is 5.82 Å². The Balaban J connectivity index is 1.81. The number of allylic oxidation sites excluding steroid dienone is 1. The first-order valence-electron chi connectivity index (χ1n) is 11.4. The van der Waals surface area contributed by atoms with Crippen LogP contribution < -0.4 is 19.5 Å². The molecule has 1 aromatic heterocycles. The molecule has 1 atom stereocenters. The third-order valence-corrected chi connectivity index (χ3v) is 6.23. The van der Waals surface area contributed by atoms with E-state index in [9.17, 15) is 0 Å². The number of rotatable bonds is 8. The smallest absolute Gasteiger partial charge is 0.258 e. The molecule has 1 aliphatic rings. The zero-order chi connectivity index (χ0) is 25.1. The number of nitrogens with zero attached hydrogens (tertiary/aromatic N) is 3. The van der Waals surface area contributed by atoms with Crippen LogP contribution in [-0.2, 0) is 0 Å². The SMILES string of the molecule is COc1ccc(-c2noc(C3=C(C)N(CC(C)C)C(=S)NC3c3ccc(OC)c(OC)c3)n2)cc1. The van der Waals surface area contributed by atoms with Crippen molar-refractivity contribution in [3.8, 4) is 28.6 Å². The highest BCUT2D eigenvalue weighted by molar-refractivity contribution is 7.80. The Morgan fingerprint density at radius 1 is 1.03 bits per heavy atom. The van der Waals surface area contributed by atoms with Gasteiger partial charge in [0.1, 0.15) is 5.75 Å². The number of hydrogen-bond donors (Lipinski definition) is 1. The van der Waals surface area contributed by atoms with Gasteiger partial charge in [0.05, 0.1) is 32.9 Å². The van der Waals surface area contributed by atoms with Crippen LogP contribution in [0.2, 0.25) is 0 Å². The highest BCUT2D eigenvalue weighted by Crippen LogP contribution is 2.40. The molecule has 0 saturated carbocycles. The van der Waals surface area contributed by atoms with E-state index in [0.29, 0.717) is 34.2 Å². The normalized spacial score (nSPS) is 15.9. The molecule has 1 aliphatic heterocycles. The zero-order valence-electron chi connectivity index (χ0n) is 20.8. The van der Waals surface area contributed by atoms with Gasteiger partial charge in [0.15, 0.2) is 16.6 Å². The highest BCUT2D eigenvalue weighted by atomic mass is 32.1. The monoisotopic (exact) mass is 494 g/mol. The average molecular weight is 495 g/mol. The lowest BCUT2D eigenvalue weighted by Gasteiger charge is -2.38. The molecule has 0 aliphatic carbocycles. The summed E-state index contributed by atoms with van der Waals surface area (Å²) >= 11 is 5.76. The number of ether oxygens (including phenoxy) is 3. The molecule has 184 valence electrons. The van der Waals surface area contributed by atoms with Crippen molar-refractivity contribution in [3.05, 3.63) is 59.6 Å². The van der Waals surface area contributed by atoms with Crippen LogP contribution in [0.1, 0.15) is 38.3 Å². The van der Waals surface area contributed by atoms with Crippen LogP contribution in [0.3, 0.4) is 0 Å². The van der Waals surface area contributed by atoms with Gasteiger partial charge in [-0.05, 0) is 67.0 Å². The summed E-state index contributed by atoms with van der Waals surface area (Å²) in [5, 5.41) is 8.39. The quantitative estimate of drug-likeness (QED) is 0.431. The second kappa shape index (κ2) is 10.4. The summed E-state index contributed by atoms with van der Waals surface area (Å²) in [5.41, 5.74) is 3.60. The molecule has 0 bridgehead atoms. The number of benzene rings is 2. The second-order valence-electron chi connectivity index (χ2n) is 8.65. The Bertz CT molecular complexity index is 1240. The number of aromatic nitrogens is 2. The van der Waals surface area contributed by atoms with Gasteiger partial charge in [-0.2, -0.15) is 4.98 Å². The van der Waals surface area contributed by atoms with E-state index < -0.39 is 0 Å². The molecule has 4 rings (SSSR count). The summed E-state index contributed by atoms with van der Waals surface area (Å²) < 4.78 is 22.0. The van der Waals surface area contributed by atoms with Gasteiger partial charge in [-0.15, -0.1) is 0 Å². The molecule has 0 spiro atoms. The van der Waals surface area contributed by atoms with Crippen molar-refractivity contribution in [3.63, 3.8) is 0 Å². The van der Waals surface area contributed by atoms with E-state index in [1.807, 2.05) is 49.4 Å². The lowest BCUT2D eigenvalue weighted by atomic mass is 9.94. The van der Waals surface area contributed by atoms with Crippen LogP contribution in [0.15, 0.2) is 52.7 Å². The number of thiocarbonyl (C=S) groups is 1. The third-order valence-electron chi connectivity index (χ3n) is 5.89. The van der Waals surface area contributed by atoms with Crippen LogP contribution in [0.5, 0.6) is 17.2 Å². The van der Waals surface area contributed by atoms with Gasteiger partial charge in [0, 0.05) is 17.8 Å². The standard InChI is InChI=1S/C26H30N4O4S/c1-15(2)14-30-16(3)22(25-28-24(29-34-25)17-7-10-19(31-4)11-8-17)23(27-26(30)35)18-9-12-20(32-5)21(13-18)33-6/h7-13,15,23H,14H2,1-6H3,(H,27,35). The molecule has 3 aromatic rings. The van der Waals surface area contributed by atoms with Gasteiger partial charge in [-0.3, -0.25) is 0 Å². The predicted octanol–water partition coefficient (Wildman–Crippen LogP) is 5.08. The van der Waals surface area contributed by atoms with Gasteiger partial charge >= 0.3 is 0 Å². The first kappa shape index (κ1) is 24.5. The molecule has 1 unspecified atom stereocenters. The molecule has 8 nitrogen and oxygen atoms in total. The summed E-state index contributed by atoms with van der Waals surface area (Å²) in [6, 6.07) is 13.0. The van der Waals surface area contributed by atoms with E-state index in [4.69, 9.17) is 35.9 Å². The van der Waals surface area contributed by atoms with Crippen LogP contribution in [0, 0.1) is 5.92 Å². The fraction of sp³-hybridized carbons (Fsp3) is 0.346. The number of methoxy groups -OCH3 is 3. The van der Waals surface area contributed by atoms with Crippen molar-refractivity contribution in [2.45, 2.75) is 26.8 Å².